The van der Waals surface area contributed by atoms with Crippen LogP contribution in [0.1, 0.15) is 27.2 Å². The second kappa shape index (κ2) is 6.41. The van der Waals surface area contributed by atoms with E-state index < -0.39 is 0 Å². The van der Waals surface area contributed by atoms with Crippen LogP contribution in [0.4, 0.5) is 0 Å². The van der Waals surface area contributed by atoms with E-state index in [0.29, 0.717) is 5.92 Å². The molecule has 0 saturated heterocycles. The van der Waals surface area contributed by atoms with Gasteiger partial charge in [-0.1, -0.05) is 26.8 Å². The highest BCUT2D eigenvalue weighted by Crippen LogP contribution is 2.00. The topological polar surface area (TPSA) is 3.24 Å². The van der Waals surface area contributed by atoms with Crippen molar-refractivity contribution in [2.24, 2.45) is 5.92 Å². The van der Waals surface area contributed by atoms with Crippen LogP contribution in [0, 0.1) is 5.92 Å². The van der Waals surface area contributed by atoms with Crippen LogP contribution >= 0.6 is 0 Å². The van der Waals surface area contributed by atoms with Crippen molar-refractivity contribution < 1.29 is 0 Å². The third-order valence-electron chi connectivity index (χ3n) is 1.94. The Balaban J connectivity index is 3.57. The normalized spacial score (nSPS) is 13.5. The molecular formula is C10H21N. The number of hydrogen-bond acceptors (Lipinski definition) is 1. The van der Waals surface area contributed by atoms with Gasteiger partial charge in [-0.3, -0.25) is 0 Å². The van der Waals surface area contributed by atoms with Crippen LogP contribution in [-0.4, -0.2) is 24.5 Å². The Bertz CT molecular complexity index is 99.0. The lowest BCUT2D eigenvalue weighted by Gasteiger charge is -2.21. The molecule has 1 heteroatoms. The van der Waals surface area contributed by atoms with Gasteiger partial charge in [-0.05, 0) is 25.4 Å². The molecule has 0 aliphatic heterocycles. The van der Waals surface area contributed by atoms with Crippen LogP contribution in [-0.2, 0) is 0 Å². The van der Waals surface area contributed by atoms with Gasteiger partial charge in [-0.15, -0.1) is 6.58 Å². The fourth-order valence-corrected chi connectivity index (χ4v) is 1.18. The Hall–Kier alpha value is -0.300. The van der Waals surface area contributed by atoms with E-state index in [2.05, 4.69) is 32.3 Å². The second-order valence-corrected chi connectivity index (χ2v) is 3.11. The average Bonchev–Trinajstić information content (AvgIpc) is 2.03. The van der Waals surface area contributed by atoms with Gasteiger partial charge in [0.15, 0.2) is 0 Å². The summed E-state index contributed by atoms with van der Waals surface area (Å²) in [6, 6.07) is 0. The maximum Gasteiger partial charge on any atom is 0.00415 e. The summed E-state index contributed by atoms with van der Waals surface area (Å²) in [6.45, 7) is 14.0. The maximum atomic E-state index is 3.78. The summed E-state index contributed by atoms with van der Waals surface area (Å²) in [5, 5.41) is 0. The Kier molecular flexibility index (Phi) is 6.24. The highest BCUT2D eigenvalue weighted by molar-refractivity contribution is 4.77. The average molecular weight is 155 g/mol. The van der Waals surface area contributed by atoms with Crippen molar-refractivity contribution in [2.45, 2.75) is 27.2 Å². The Morgan fingerprint density at radius 2 is 2.09 bits per heavy atom. The van der Waals surface area contributed by atoms with Crippen molar-refractivity contribution in [3.05, 3.63) is 12.7 Å². The first-order chi connectivity index (χ1) is 5.24. The van der Waals surface area contributed by atoms with Crippen molar-refractivity contribution in [2.75, 3.05) is 19.6 Å². The van der Waals surface area contributed by atoms with E-state index in [1.54, 1.807) is 0 Å². The molecule has 0 aliphatic rings. The molecule has 0 N–H and O–H groups in total. The van der Waals surface area contributed by atoms with Gasteiger partial charge in [0.1, 0.15) is 0 Å². The monoisotopic (exact) mass is 155 g/mol. The zero-order valence-electron chi connectivity index (χ0n) is 8.14. The van der Waals surface area contributed by atoms with Crippen LogP contribution < -0.4 is 0 Å². The van der Waals surface area contributed by atoms with E-state index in [-0.39, 0.29) is 0 Å². The number of rotatable bonds is 6. The summed E-state index contributed by atoms with van der Waals surface area (Å²) in [5.74, 6) is 0.626. The zero-order valence-corrected chi connectivity index (χ0v) is 8.14. The van der Waals surface area contributed by atoms with Gasteiger partial charge in [-0.2, -0.15) is 0 Å². The summed E-state index contributed by atoms with van der Waals surface area (Å²) in [5.41, 5.74) is 0. The van der Waals surface area contributed by atoms with E-state index in [0.717, 1.165) is 13.1 Å². The molecule has 0 bridgehead atoms. The molecule has 0 radical (unpaired) electrons. The summed E-state index contributed by atoms with van der Waals surface area (Å²) >= 11 is 0. The summed E-state index contributed by atoms with van der Waals surface area (Å²) in [4.78, 5) is 2.46. The SMILES string of the molecule is C=CC(C)CN(CC)CCC. The standard InChI is InChI=1S/C10H21N/c1-5-8-11(7-3)9-10(4)6-2/h6,10H,2,5,7-9H2,1,3-4H3. The minimum atomic E-state index is 0.626. The van der Waals surface area contributed by atoms with Gasteiger partial charge < -0.3 is 4.90 Å². The van der Waals surface area contributed by atoms with Crippen LogP contribution in [0.25, 0.3) is 0 Å². The highest BCUT2D eigenvalue weighted by atomic mass is 15.1. The lowest BCUT2D eigenvalue weighted by atomic mass is 10.1. The smallest absolute Gasteiger partial charge is 0.00415 e. The van der Waals surface area contributed by atoms with E-state index in [9.17, 15) is 0 Å². The summed E-state index contributed by atoms with van der Waals surface area (Å²) < 4.78 is 0. The number of hydrogen-bond donors (Lipinski definition) is 0. The molecule has 0 heterocycles. The summed E-state index contributed by atoms with van der Waals surface area (Å²) in [7, 11) is 0. The quantitative estimate of drug-likeness (QED) is 0.533. The molecule has 0 aromatic carbocycles. The van der Waals surface area contributed by atoms with Crippen LogP contribution in [0.2, 0.25) is 0 Å². The molecule has 0 aromatic rings. The molecule has 66 valence electrons. The molecule has 1 atom stereocenters. The fraction of sp³-hybridized carbons (Fsp3) is 0.800. The van der Waals surface area contributed by atoms with Gasteiger partial charge in [0.2, 0.25) is 0 Å². The summed E-state index contributed by atoms with van der Waals surface area (Å²) in [6.07, 6.45) is 3.27. The Labute approximate surface area is 71.1 Å². The Morgan fingerprint density at radius 1 is 1.45 bits per heavy atom. The minimum Gasteiger partial charge on any atom is -0.303 e. The van der Waals surface area contributed by atoms with Gasteiger partial charge >= 0.3 is 0 Å². The molecule has 1 unspecified atom stereocenters. The predicted octanol–water partition coefficient (Wildman–Crippen LogP) is 2.54. The van der Waals surface area contributed by atoms with Crippen molar-refractivity contribution >= 4 is 0 Å². The third kappa shape index (κ3) is 5.02. The fourth-order valence-electron chi connectivity index (χ4n) is 1.18. The maximum absolute atomic E-state index is 3.78. The molecule has 0 aliphatic carbocycles. The molecule has 0 fully saturated rings. The Morgan fingerprint density at radius 3 is 2.45 bits per heavy atom. The lowest BCUT2D eigenvalue weighted by Crippen LogP contribution is -2.28. The first-order valence-corrected chi connectivity index (χ1v) is 4.59. The van der Waals surface area contributed by atoms with Crippen molar-refractivity contribution in [1.29, 1.82) is 0 Å². The molecule has 0 saturated carbocycles. The highest BCUT2D eigenvalue weighted by Gasteiger charge is 2.03. The first-order valence-electron chi connectivity index (χ1n) is 4.59. The van der Waals surface area contributed by atoms with Crippen LogP contribution in [0.5, 0.6) is 0 Å². The van der Waals surface area contributed by atoms with Crippen molar-refractivity contribution in [3.63, 3.8) is 0 Å². The van der Waals surface area contributed by atoms with Gasteiger partial charge in [0.05, 0.1) is 0 Å². The van der Waals surface area contributed by atoms with Gasteiger partial charge in [0.25, 0.3) is 0 Å². The first kappa shape index (κ1) is 10.7. The predicted molar refractivity (Wildman–Crippen MR) is 51.8 cm³/mol. The molecule has 1 nitrogen and oxygen atoms in total. The van der Waals surface area contributed by atoms with Gasteiger partial charge in [-0.25, -0.2) is 0 Å². The molecule has 0 amide bonds. The minimum absolute atomic E-state index is 0.626. The van der Waals surface area contributed by atoms with Crippen LogP contribution in [0.3, 0.4) is 0 Å². The van der Waals surface area contributed by atoms with E-state index >= 15 is 0 Å². The molecule has 0 spiro atoms. The third-order valence-corrected chi connectivity index (χ3v) is 1.94. The van der Waals surface area contributed by atoms with E-state index in [1.807, 2.05) is 6.08 Å². The van der Waals surface area contributed by atoms with Crippen molar-refractivity contribution in [1.82, 2.24) is 4.90 Å². The molecule has 11 heavy (non-hydrogen) atoms. The molecular weight excluding hydrogens is 134 g/mol. The zero-order chi connectivity index (χ0) is 8.69. The van der Waals surface area contributed by atoms with Gasteiger partial charge in [0, 0.05) is 6.54 Å². The molecule has 0 aromatic heterocycles. The van der Waals surface area contributed by atoms with Crippen LogP contribution in [0.15, 0.2) is 12.7 Å². The number of nitrogens with zero attached hydrogens (tertiary/aromatic N) is 1. The van der Waals surface area contributed by atoms with E-state index in [4.69, 9.17) is 0 Å². The largest absolute Gasteiger partial charge is 0.303 e. The second-order valence-electron chi connectivity index (χ2n) is 3.11. The molecule has 0 rings (SSSR count). The van der Waals surface area contributed by atoms with Crippen molar-refractivity contribution in [3.8, 4) is 0 Å². The lowest BCUT2D eigenvalue weighted by molar-refractivity contribution is 0.267. The van der Waals surface area contributed by atoms with E-state index in [1.165, 1.54) is 13.0 Å².